The third-order valence-corrected chi connectivity index (χ3v) is 8.95. The number of hydrogen-bond acceptors (Lipinski definition) is 4. The van der Waals surface area contributed by atoms with E-state index in [1.54, 1.807) is 0 Å². The van der Waals surface area contributed by atoms with Crippen LogP contribution in [0, 0.1) is 12.3 Å². The van der Waals surface area contributed by atoms with Gasteiger partial charge in [0.05, 0.1) is 0 Å². The van der Waals surface area contributed by atoms with Gasteiger partial charge in [0.15, 0.2) is 11.6 Å². The van der Waals surface area contributed by atoms with E-state index >= 15 is 0 Å². The van der Waals surface area contributed by atoms with Crippen molar-refractivity contribution in [2.75, 3.05) is 9.80 Å². The van der Waals surface area contributed by atoms with E-state index in [-0.39, 0.29) is 17.0 Å². The van der Waals surface area contributed by atoms with E-state index < -0.39 is 0 Å². The molecule has 3 atom stereocenters. The van der Waals surface area contributed by atoms with Gasteiger partial charge in [-0.3, -0.25) is 0 Å². The van der Waals surface area contributed by atoms with Crippen molar-refractivity contribution in [1.29, 1.82) is 0 Å². The summed E-state index contributed by atoms with van der Waals surface area (Å²) in [4.78, 5) is 14.7. The second kappa shape index (κ2) is 6.94. The van der Waals surface area contributed by atoms with Crippen molar-refractivity contribution in [2.45, 2.75) is 52.1 Å². The van der Waals surface area contributed by atoms with Crippen LogP contribution in [0.5, 0.6) is 0 Å². The molecule has 4 aromatic rings. The molecule has 3 unspecified atom stereocenters. The zero-order chi connectivity index (χ0) is 23.9. The first-order chi connectivity index (χ1) is 17.0. The van der Waals surface area contributed by atoms with E-state index in [0.29, 0.717) is 0 Å². The molecule has 0 spiro atoms. The van der Waals surface area contributed by atoms with Crippen molar-refractivity contribution in [3.8, 4) is 11.1 Å². The predicted octanol–water partition coefficient (Wildman–Crippen LogP) is 7.31. The number of aryl methyl sites for hydroxylation is 2. The van der Waals surface area contributed by atoms with Crippen molar-refractivity contribution in [1.82, 2.24) is 9.97 Å². The number of fused-ring (bicyclic) bond motifs is 8. The van der Waals surface area contributed by atoms with Crippen molar-refractivity contribution in [2.24, 2.45) is 5.41 Å². The van der Waals surface area contributed by atoms with Crippen LogP contribution in [0.15, 0.2) is 79.1 Å². The van der Waals surface area contributed by atoms with Crippen LogP contribution < -0.4 is 9.80 Å². The largest absolute Gasteiger partial charge is 0.301 e. The summed E-state index contributed by atoms with van der Waals surface area (Å²) in [6.45, 7) is 9.36. The van der Waals surface area contributed by atoms with E-state index in [4.69, 9.17) is 9.97 Å². The molecule has 3 aromatic carbocycles. The van der Waals surface area contributed by atoms with Crippen LogP contribution in [0.4, 0.5) is 23.0 Å². The molecule has 0 radical (unpaired) electrons. The van der Waals surface area contributed by atoms with Crippen LogP contribution >= 0.6 is 0 Å². The van der Waals surface area contributed by atoms with Gasteiger partial charge in [0.2, 0.25) is 0 Å². The second-order valence-electron chi connectivity index (χ2n) is 10.8. The molecule has 7 rings (SSSR count). The molecule has 1 aliphatic carbocycles. The Bertz CT molecular complexity index is 1480. The number of nitrogens with zero attached hydrogens (tertiary/aromatic N) is 4. The summed E-state index contributed by atoms with van der Waals surface area (Å²) in [5, 5.41) is 0. The molecule has 4 heteroatoms. The van der Waals surface area contributed by atoms with Crippen molar-refractivity contribution in [3.63, 3.8) is 0 Å². The maximum absolute atomic E-state index is 4.90. The third kappa shape index (κ3) is 2.57. The maximum Gasteiger partial charge on any atom is 0.178 e. The molecule has 35 heavy (non-hydrogen) atoms. The van der Waals surface area contributed by atoms with Crippen LogP contribution in [-0.2, 0) is 11.8 Å². The van der Waals surface area contributed by atoms with Crippen molar-refractivity contribution in [3.05, 3.63) is 95.8 Å². The standard InChI is InChI=1S/C31H30N4/c1-5-21-11-9-10-20(2)26(21)22-14-15-24-25(18-22)35-28-27(32-16-17-33-28)34(23-12-7-6-8-13-23)29(35)31(4)19-30(24,31)3/h6-18,29H,5,19H2,1-4H3. The Labute approximate surface area is 207 Å². The SMILES string of the molecule is CCc1cccc(C)c1-c1ccc2c(c1)N1c3nccnc3N(c3ccccc3)C1C1(C)CC21C. The normalized spacial score (nSPS) is 25.5. The summed E-state index contributed by atoms with van der Waals surface area (Å²) in [6, 6.07) is 24.5. The lowest BCUT2D eigenvalue weighted by molar-refractivity contribution is 0.371. The third-order valence-electron chi connectivity index (χ3n) is 8.95. The zero-order valence-electron chi connectivity index (χ0n) is 20.8. The smallest absolute Gasteiger partial charge is 0.178 e. The average Bonchev–Trinajstić information content (AvgIpc) is 3.30. The zero-order valence-corrected chi connectivity index (χ0v) is 20.8. The first-order valence-electron chi connectivity index (χ1n) is 12.7. The van der Waals surface area contributed by atoms with Crippen LogP contribution in [0.3, 0.4) is 0 Å². The molecule has 3 heterocycles. The number of rotatable bonds is 3. The van der Waals surface area contributed by atoms with Gasteiger partial charge in [-0.25, -0.2) is 9.97 Å². The van der Waals surface area contributed by atoms with E-state index in [9.17, 15) is 0 Å². The molecule has 0 N–H and O–H groups in total. The highest BCUT2D eigenvalue weighted by Crippen LogP contribution is 2.74. The minimum Gasteiger partial charge on any atom is -0.301 e. The number of hydrogen-bond donors (Lipinski definition) is 0. The maximum atomic E-state index is 4.90. The number of para-hydroxylation sites is 1. The molecular weight excluding hydrogens is 428 g/mol. The molecule has 1 aromatic heterocycles. The predicted molar refractivity (Wildman–Crippen MR) is 143 cm³/mol. The Balaban J connectivity index is 1.49. The fraction of sp³-hybridized carbons (Fsp3) is 0.290. The monoisotopic (exact) mass is 458 g/mol. The Morgan fingerprint density at radius 1 is 0.886 bits per heavy atom. The second-order valence-corrected chi connectivity index (χ2v) is 10.8. The van der Waals surface area contributed by atoms with E-state index in [2.05, 4.69) is 104 Å². The van der Waals surface area contributed by atoms with Crippen LogP contribution in [-0.4, -0.2) is 16.1 Å². The lowest BCUT2D eigenvalue weighted by atomic mass is 9.80. The summed E-state index contributed by atoms with van der Waals surface area (Å²) in [6.07, 6.45) is 5.95. The summed E-state index contributed by atoms with van der Waals surface area (Å²) >= 11 is 0. The van der Waals surface area contributed by atoms with Crippen LogP contribution in [0.2, 0.25) is 0 Å². The molecule has 3 aliphatic rings. The van der Waals surface area contributed by atoms with Gasteiger partial charge in [-0.2, -0.15) is 0 Å². The van der Waals surface area contributed by atoms with E-state index in [1.165, 1.54) is 39.2 Å². The molecule has 4 nitrogen and oxygen atoms in total. The number of anilines is 4. The lowest BCUT2D eigenvalue weighted by Crippen LogP contribution is -2.50. The first kappa shape index (κ1) is 20.7. The van der Waals surface area contributed by atoms with E-state index in [1.807, 2.05) is 12.4 Å². The molecular formula is C31H30N4. The molecule has 1 fully saturated rings. The Morgan fingerprint density at radius 3 is 2.37 bits per heavy atom. The van der Waals surface area contributed by atoms with Gasteiger partial charge in [-0.05, 0) is 65.8 Å². The molecule has 0 bridgehead atoms. The fourth-order valence-electron chi connectivity index (χ4n) is 6.94. The van der Waals surface area contributed by atoms with Gasteiger partial charge in [0.25, 0.3) is 0 Å². The highest BCUT2D eigenvalue weighted by atomic mass is 15.5. The van der Waals surface area contributed by atoms with Gasteiger partial charge in [-0.15, -0.1) is 0 Å². The Kier molecular flexibility index (Phi) is 4.10. The topological polar surface area (TPSA) is 32.3 Å². The van der Waals surface area contributed by atoms with Gasteiger partial charge in [-0.1, -0.05) is 69.3 Å². The Morgan fingerprint density at radius 2 is 1.63 bits per heavy atom. The van der Waals surface area contributed by atoms with Crippen LogP contribution in [0.25, 0.3) is 11.1 Å². The summed E-state index contributed by atoms with van der Waals surface area (Å²) in [7, 11) is 0. The van der Waals surface area contributed by atoms with Crippen LogP contribution in [0.1, 0.15) is 43.9 Å². The van der Waals surface area contributed by atoms with E-state index in [0.717, 1.165) is 24.5 Å². The lowest BCUT2D eigenvalue weighted by Gasteiger charge is -2.44. The number of benzene rings is 3. The number of aromatic nitrogens is 2. The molecule has 2 aliphatic heterocycles. The quantitative estimate of drug-likeness (QED) is 0.322. The van der Waals surface area contributed by atoms with Crippen molar-refractivity contribution < 1.29 is 0 Å². The van der Waals surface area contributed by atoms with Gasteiger partial charge in [0, 0.05) is 34.6 Å². The van der Waals surface area contributed by atoms with Gasteiger partial charge in [0.1, 0.15) is 6.17 Å². The molecule has 174 valence electrons. The summed E-state index contributed by atoms with van der Waals surface area (Å²) in [5.41, 5.74) is 9.46. The first-order valence-corrected chi connectivity index (χ1v) is 12.7. The molecule has 0 saturated heterocycles. The minimum absolute atomic E-state index is 0.0942. The van der Waals surface area contributed by atoms with Crippen molar-refractivity contribution >= 4 is 23.0 Å². The average molecular weight is 459 g/mol. The fourth-order valence-corrected chi connectivity index (χ4v) is 6.94. The highest BCUT2D eigenvalue weighted by Gasteiger charge is 2.73. The summed E-state index contributed by atoms with van der Waals surface area (Å²) < 4.78 is 0. The minimum atomic E-state index is 0.0942. The summed E-state index contributed by atoms with van der Waals surface area (Å²) in [5.74, 6) is 1.90. The Hall–Kier alpha value is -3.66. The van der Waals surface area contributed by atoms with Gasteiger partial charge >= 0.3 is 0 Å². The van der Waals surface area contributed by atoms with Gasteiger partial charge < -0.3 is 9.80 Å². The molecule has 0 amide bonds. The molecule has 1 saturated carbocycles. The highest BCUT2D eigenvalue weighted by molar-refractivity contribution is 5.89.